The summed E-state index contributed by atoms with van der Waals surface area (Å²) < 4.78 is 5.03. The van der Waals surface area contributed by atoms with E-state index in [1.807, 2.05) is 0 Å². The predicted molar refractivity (Wildman–Crippen MR) is 53.7 cm³/mol. The lowest BCUT2D eigenvalue weighted by atomic mass is 10.2. The summed E-state index contributed by atoms with van der Waals surface area (Å²) in [6.07, 6.45) is 0.143. The fourth-order valence-electron chi connectivity index (χ4n) is 0.821. The van der Waals surface area contributed by atoms with E-state index in [0.717, 1.165) is 0 Å². The van der Waals surface area contributed by atoms with Gasteiger partial charge in [-0.25, -0.2) is 9.80 Å². The van der Waals surface area contributed by atoms with Gasteiger partial charge < -0.3 is 9.84 Å². The van der Waals surface area contributed by atoms with Crippen LogP contribution in [0.5, 0.6) is 0 Å². The van der Waals surface area contributed by atoms with Crippen LogP contribution in [0.4, 0.5) is 4.79 Å². The molecule has 0 unspecified atom stereocenters. The number of ether oxygens (including phenoxy) is 1. The van der Waals surface area contributed by atoms with E-state index in [2.05, 4.69) is 5.43 Å². The van der Waals surface area contributed by atoms with Crippen molar-refractivity contribution in [3.8, 4) is 0 Å². The summed E-state index contributed by atoms with van der Waals surface area (Å²) in [4.78, 5) is 11.2. The molecule has 5 nitrogen and oxygen atoms in total. The molecule has 2 N–H and O–H groups in total. The SMILES string of the molecule is CN(CCCO)NC(=O)OC(C)(C)C. The summed E-state index contributed by atoms with van der Waals surface area (Å²) in [7, 11) is 1.72. The molecule has 0 saturated heterocycles. The average molecular weight is 204 g/mol. The molecule has 0 heterocycles. The molecule has 0 aromatic heterocycles. The van der Waals surface area contributed by atoms with Crippen LogP contribution in [0.2, 0.25) is 0 Å². The molecule has 0 atom stereocenters. The third-order valence-electron chi connectivity index (χ3n) is 1.33. The number of hydrazine groups is 1. The average Bonchev–Trinajstić information content (AvgIpc) is 1.96. The number of aliphatic hydroxyl groups is 1. The van der Waals surface area contributed by atoms with Crippen molar-refractivity contribution in [2.75, 3.05) is 20.2 Å². The molecular formula is C9H20N2O3. The summed E-state index contributed by atoms with van der Waals surface area (Å²) in [6.45, 7) is 6.12. The zero-order valence-corrected chi connectivity index (χ0v) is 9.33. The summed E-state index contributed by atoms with van der Waals surface area (Å²) in [5.74, 6) is 0. The molecule has 14 heavy (non-hydrogen) atoms. The van der Waals surface area contributed by atoms with E-state index in [1.54, 1.807) is 32.8 Å². The predicted octanol–water partition coefficient (Wildman–Crippen LogP) is 0.740. The van der Waals surface area contributed by atoms with Gasteiger partial charge in [0.05, 0.1) is 0 Å². The van der Waals surface area contributed by atoms with Crippen LogP contribution in [0, 0.1) is 0 Å². The largest absolute Gasteiger partial charge is 0.443 e. The minimum atomic E-state index is -0.484. The number of rotatable bonds is 4. The van der Waals surface area contributed by atoms with Gasteiger partial charge in [0.25, 0.3) is 0 Å². The van der Waals surface area contributed by atoms with E-state index >= 15 is 0 Å². The van der Waals surface area contributed by atoms with Crippen LogP contribution in [-0.4, -0.2) is 42.0 Å². The Hall–Kier alpha value is -0.810. The van der Waals surface area contributed by atoms with E-state index in [0.29, 0.717) is 13.0 Å². The molecule has 0 aromatic carbocycles. The molecule has 0 fully saturated rings. The first-order valence-electron chi connectivity index (χ1n) is 4.67. The van der Waals surface area contributed by atoms with Crippen LogP contribution in [-0.2, 0) is 4.74 Å². The summed E-state index contributed by atoms with van der Waals surface area (Å²) >= 11 is 0. The Bertz CT molecular complexity index is 177. The summed E-state index contributed by atoms with van der Waals surface area (Å²) in [5, 5.41) is 10.2. The number of nitrogens with one attached hydrogen (secondary N) is 1. The summed E-state index contributed by atoms with van der Waals surface area (Å²) in [5.41, 5.74) is 2.05. The highest BCUT2D eigenvalue weighted by Crippen LogP contribution is 2.06. The van der Waals surface area contributed by atoms with Crippen LogP contribution in [0.3, 0.4) is 0 Å². The van der Waals surface area contributed by atoms with Crippen molar-refractivity contribution in [3.05, 3.63) is 0 Å². The third kappa shape index (κ3) is 7.82. The molecule has 0 aliphatic carbocycles. The van der Waals surface area contributed by atoms with Gasteiger partial charge in [-0.3, -0.25) is 5.43 Å². The van der Waals surface area contributed by atoms with E-state index in [1.165, 1.54) is 0 Å². The quantitative estimate of drug-likeness (QED) is 0.663. The van der Waals surface area contributed by atoms with Crippen LogP contribution in [0.1, 0.15) is 27.2 Å². The maximum absolute atomic E-state index is 11.2. The van der Waals surface area contributed by atoms with Crippen molar-refractivity contribution in [2.24, 2.45) is 0 Å². The summed E-state index contributed by atoms with van der Waals surface area (Å²) in [6, 6.07) is 0. The van der Waals surface area contributed by atoms with Gasteiger partial charge >= 0.3 is 6.09 Å². The highest BCUT2D eigenvalue weighted by molar-refractivity contribution is 5.66. The molecule has 0 aliphatic heterocycles. The van der Waals surface area contributed by atoms with Crippen LogP contribution >= 0.6 is 0 Å². The lowest BCUT2D eigenvalue weighted by molar-refractivity contribution is 0.0361. The topological polar surface area (TPSA) is 61.8 Å². The Morgan fingerprint density at radius 1 is 1.50 bits per heavy atom. The molecular weight excluding hydrogens is 184 g/mol. The Morgan fingerprint density at radius 2 is 2.07 bits per heavy atom. The second-order valence-corrected chi connectivity index (χ2v) is 4.11. The van der Waals surface area contributed by atoms with Gasteiger partial charge in [0.1, 0.15) is 5.60 Å². The lowest BCUT2D eigenvalue weighted by Crippen LogP contribution is -2.43. The molecule has 0 rings (SSSR count). The second-order valence-electron chi connectivity index (χ2n) is 4.11. The molecule has 1 amide bonds. The van der Waals surface area contributed by atoms with Gasteiger partial charge in [0, 0.05) is 20.2 Å². The van der Waals surface area contributed by atoms with Crippen molar-refractivity contribution >= 4 is 6.09 Å². The lowest BCUT2D eigenvalue weighted by Gasteiger charge is -2.23. The van der Waals surface area contributed by atoms with Crippen molar-refractivity contribution in [2.45, 2.75) is 32.8 Å². The smallest absolute Gasteiger partial charge is 0.422 e. The Labute approximate surface area is 85.0 Å². The van der Waals surface area contributed by atoms with Crippen molar-refractivity contribution in [3.63, 3.8) is 0 Å². The second kappa shape index (κ2) is 5.82. The molecule has 84 valence electrons. The normalized spacial score (nSPS) is 11.6. The maximum atomic E-state index is 11.2. The number of carbonyl (C=O) groups excluding carboxylic acids is 1. The molecule has 0 spiro atoms. The Balaban J connectivity index is 3.71. The first-order chi connectivity index (χ1) is 6.35. The highest BCUT2D eigenvalue weighted by Gasteiger charge is 2.16. The minimum absolute atomic E-state index is 0.111. The van der Waals surface area contributed by atoms with Crippen molar-refractivity contribution < 1.29 is 14.6 Å². The van der Waals surface area contributed by atoms with Gasteiger partial charge in [0.15, 0.2) is 0 Å². The molecule has 0 saturated carbocycles. The van der Waals surface area contributed by atoms with Gasteiger partial charge in [-0.15, -0.1) is 0 Å². The van der Waals surface area contributed by atoms with E-state index in [-0.39, 0.29) is 6.61 Å². The maximum Gasteiger partial charge on any atom is 0.422 e. The van der Waals surface area contributed by atoms with Crippen molar-refractivity contribution in [1.82, 2.24) is 10.4 Å². The molecule has 0 radical (unpaired) electrons. The number of aliphatic hydroxyl groups excluding tert-OH is 1. The molecule has 0 bridgehead atoms. The number of hydrogen-bond acceptors (Lipinski definition) is 4. The van der Waals surface area contributed by atoms with Crippen LogP contribution < -0.4 is 5.43 Å². The first-order valence-corrected chi connectivity index (χ1v) is 4.67. The van der Waals surface area contributed by atoms with Crippen LogP contribution in [0.25, 0.3) is 0 Å². The third-order valence-corrected chi connectivity index (χ3v) is 1.33. The zero-order valence-electron chi connectivity index (χ0n) is 9.33. The zero-order chi connectivity index (χ0) is 11.2. The molecule has 5 heteroatoms. The fraction of sp³-hybridized carbons (Fsp3) is 0.889. The molecule has 0 aliphatic rings. The number of carbonyl (C=O) groups is 1. The Kier molecular flexibility index (Phi) is 5.49. The van der Waals surface area contributed by atoms with Gasteiger partial charge in [-0.05, 0) is 27.2 Å². The van der Waals surface area contributed by atoms with Gasteiger partial charge in [-0.2, -0.15) is 0 Å². The highest BCUT2D eigenvalue weighted by atomic mass is 16.6. The van der Waals surface area contributed by atoms with E-state index in [9.17, 15) is 4.79 Å². The number of hydrogen-bond donors (Lipinski definition) is 2. The minimum Gasteiger partial charge on any atom is -0.443 e. The Morgan fingerprint density at radius 3 is 2.50 bits per heavy atom. The van der Waals surface area contributed by atoms with E-state index < -0.39 is 11.7 Å². The number of amides is 1. The van der Waals surface area contributed by atoms with Gasteiger partial charge in [-0.1, -0.05) is 0 Å². The van der Waals surface area contributed by atoms with Crippen molar-refractivity contribution in [1.29, 1.82) is 0 Å². The monoisotopic (exact) mass is 204 g/mol. The number of nitrogens with zero attached hydrogens (tertiary/aromatic N) is 1. The van der Waals surface area contributed by atoms with Crippen LogP contribution in [0.15, 0.2) is 0 Å². The molecule has 0 aromatic rings. The fourth-order valence-corrected chi connectivity index (χ4v) is 0.821. The standard InChI is InChI=1S/C9H20N2O3/c1-9(2,3)14-8(13)10-11(4)6-5-7-12/h12H,5-7H2,1-4H3,(H,10,13). The van der Waals surface area contributed by atoms with Gasteiger partial charge in [0.2, 0.25) is 0 Å². The first kappa shape index (κ1) is 13.2. The van der Waals surface area contributed by atoms with E-state index in [4.69, 9.17) is 9.84 Å².